The summed E-state index contributed by atoms with van der Waals surface area (Å²) in [6, 6.07) is 11.9. The molecule has 6 nitrogen and oxygen atoms in total. The predicted molar refractivity (Wildman–Crippen MR) is 107 cm³/mol. The number of anilines is 1. The van der Waals surface area contributed by atoms with E-state index in [1.54, 1.807) is 0 Å². The van der Waals surface area contributed by atoms with Gasteiger partial charge in [0.1, 0.15) is 0 Å². The average Bonchev–Trinajstić information content (AvgIpc) is 2.67. The van der Waals surface area contributed by atoms with E-state index in [1.165, 1.54) is 11.9 Å². The Morgan fingerprint density at radius 3 is 2.50 bits per heavy atom. The summed E-state index contributed by atoms with van der Waals surface area (Å²) < 4.78 is 0. The molecule has 2 heterocycles. The van der Waals surface area contributed by atoms with Gasteiger partial charge in [0.05, 0.1) is 5.71 Å². The molecule has 3 rings (SSSR count). The molecule has 1 fully saturated rings. The minimum atomic E-state index is 0.220. The molecule has 0 atom stereocenters. The summed E-state index contributed by atoms with van der Waals surface area (Å²) in [5.41, 5.74) is 4.67. The van der Waals surface area contributed by atoms with Crippen molar-refractivity contribution >= 4 is 23.6 Å². The van der Waals surface area contributed by atoms with E-state index in [9.17, 15) is 0 Å². The van der Waals surface area contributed by atoms with Crippen molar-refractivity contribution in [3.05, 3.63) is 59.4 Å². The van der Waals surface area contributed by atoms with Gasteiger partial charge in [0.2, 0.25) is 5.96 Å². The Kier molecular flexibility index (Phi) is 5.41. The normalized spacial score (nSPS) is 15.1. The Morgan fingerprint density at radius 1 is 1.12 bits per heavy atom. The Balaban J connectivity index is 1.68. The van der Waals surface area contributed by atoms with Gasteiger partial charge in [-0.25, -0.2) is 4.99 Å². The standard InChI is InChI=1S/C20H24N6/c1-15-5-3-4-6-18(15)19(14-21)24-20(22)26-11-9-25(10-12-26)17-7-8-23-16(2)13-17/h3-8,13-14,21-22H,9-12H2,1-2H3. The topological polar surface area (TPSA) is 79.4 Å². The van der Waals surface area contributed by atoms with Gasteiger partial charge >= 0.3 is 0 Å². The lowest BCUT2D eigenvalue weighted by Gasteiger charge is -2.36. The number of benzene rings is 1. The van der Waals surface area contributed by atoms with E-state index in [4.69, 9.17) is 10.8 Å². The SMILES string of the molecule is Cc1cc(N2CCN(C(=N)N=C(C=N)c3ccccc3C)CC2)ccn1. The van der Waals surface area contributed by atoms with Gasteiger partial charge in [-0.2, -0.15) is 0 Å². The molecule has 1 aromatic carbocycles. The van der Waals surface area contributed by atoms with Crippen LogP contribution < -0.4 is 4.90 Å². The Morgan fingerprint density at radius 2 is 1.85 bits per heavy atom. The fraction of sp³-hybridized carbons (Fsp3) is 0.300. The van der Waals surface area contributed by atoms with E-state index in [1.807, 2.05) is 55.3 Å². The number of nitrogens with one attached hydrogen (secondary N) is 2. The molecule has 26 heavy (non-hydrogen) atoms. The van der Waals surface area contributed by atoms with E-state index in [2.05, 4.69) is 20.9 Å². The van der Waals surface area contributed by atoms with Crippen LogP contribution in [-0.4, -0.2) is 53.9 Å². The average molecular weight is 348 g/mol. The van der Waals surface area contributed by atoms with Gasteiger partial charge in [0.25, 0.3) is 0 Å². The summed E-state index contributed by atoms with van der Waals surface area (Å²) in [6.45, 7) is 7.14. The van der Waals surface area contributed by atoms with Crippen molar-refractivity contribution in [1.29, 1.82) is 10.8 Å². The smallest absolute Gasteiger partial charge is 0.218 e. The first-order valence-corrected chi connectivity index (χ1v) is 8.75. The van der Waals surface area contributed by atoms with E-state index in [0.29, 0.717) is 5.71 Å². The first-order chi connectivity index (χ1) is 12.6. The number of aryl methyl sites for hydroxylation is 2. The first kappa shape index (κ1) is 17.8. The maximum absolute atomic E-state index is 8.35. The third-order valence-electron chi connectivity index (χ3n) is 4.61. The summed E-state index contributed by atoms with van der Waals surface area (Å²) in [5, 5.41) is 16.0. The van der Waals surface area contributed by atoms with Crippen molar-refractivity contribution in [1.82, 2.24) is 9.88 Å². The van der Waals surface area contributed by atoms with Crippen LogP contribution in [0, 0.1) is 24.7 Å². The molecule has 0 spiro atoms. The quantitative estimate of drug-likeness (QED) is 0.661. The number of nitrogens with zero attached hydrogens (tertiary/aromatic N) is 4. The van der Waals surface area contributed by atoms with E-state index in [0.717, 1.165) is 43.0 Å². The highest BCUT2D eigenvalue weighted by Gasteiger charge is 2.19. The lowest BCUT2D eigenvalue weighted by molar-refractivity contribution is 0.380. The molecule has 1 aromatic heterocycles. The predicted octanol–water partition coefficient (Wildman–Crippen LogP) is 2.89. The highest BCUT2D eigenvalue weighted by molar-refractivity contribution is 6.39. The second-order valence-corrected chi connectivity index (χ2v) is 6.41. The van der Waals surface area contributed by atoms with Gasteiger partial charge in [0.15, 0.2) is 0 Å². The number of aliphatic imine (C=N–C) groups is 1. The highest BCUT2D eigenvalue weighted by Crippen LogP contribution is 2.17. The molecule has 6 heteroatoms. The number of piperazine rings is 1. The first-order valence-electron chi connectivity index (χ1n) is 8.75. The molecule has 1 saturated heterocycles. The molecule has 134 valence electrons. The number of guanidine groups is 1. The number of rotatable bonds is 3. The van der Waals surface area contributed by atoms with E-state index >= 15 is 0 Å². The Bertz CT molecular complexity index is 834. The van der Waals surface area contributed by atoms with Crippen LogP contribution >= 0.6 is 0 Å². The second kappa shape index (κ2) is 7.91. The third-order valence-corrected chi connectivity index (χ3v) is 4.61. The van der Waals surface area contributed by atoms with Crippen molar-refractivity contribution in [3.8, 4) is 0 Å². The summed E-state index contributed by atoms with van der Waals surface area (Å²) in [5.74, 6) is 0.220. The van der Waals surface area contributed by atoms with Gasteiger partial charge in [-0.1, -0.05) is 24.3 Å². The number of hydrogen-bond acceptors (Lipinski definition) is 4. The Hall–Kier alpha value is -3.02. The van der Waals surface area contributed by atoms with Crippen molar-refractivity contribution in [2.24, 2.45) is 4.99 Å². The monoisotopic (exact) mass is 348 g/mol. The molecular formula is C20H24N6. The second-order valence-electron chi connectivity index (χ2n) is 6.41. The van der Waals surface area contributed by atoms with Crippen molar-refractivity contribution in [2.45, 2.75) is 13.8 Å². The van der Waals surface area contributed by atoms with Crippen LogP contribution in [0.3, 0.4) is 0 Å². The van der Waals surface area contributed by atoms with Gasteiger partial charge in [-0.05, 0) is 31.5 Å². The van der Waals surface area contributed by atoms with Gasteiger partial charge in [0, 0.05) is 55.5 Å². The van der Waals surface area contributed by atoms with Crippen LogP contribution in [0.1, 0.15) is 16.8 Å². The molecule has 0 bridgehead atoms. The molecule has 0 radical (unpaired) electrons. The van der Waals surface area contributed by atoms with Gasteiger partial charge in [-0.3, -0.25) is 10.4 Å². The summed E-state index contributed by atoms with van der Waals surface area (Å²) >= 11 is 0. The lowest BCUT2D eigenvalue weighted by Crippen LogP contribution is -2.48. The molecular weight excluding hydrogens is 324 g/mol. The zero-order valence-electron chi connectivity index (χ0n) is 15.2. The molecule has 2 N–H and O–H groups in total. The number of hydrogen-bond donors (Lipinski definition) is 2. The summed E-state index contributed by atoms with van der Waals surface area (Å²) in [7, 11) is 0. The molecule has 0 aliphatic carbocycles. The van der Waals surface area contributed by atoms with Crippen LogP contribution in [-0.2, 0) is 0 Å². The van der Waals surface area contributed by atoms with Crippen LogP contribution in [0.5, 0.6) is 0 Å². The number of aromatic nitrogens is 1. The zero-order valence-corrected chi connectivity index (χ0v) is 15.2. The minimum Gasteiger partial charge on any atom is -0.368 e. The molecule has 0 saturated carbocycles. The zero-order chi connectivity index (χ0) is 18.5. The highest BCUT2D eigenvalue weighted by atomic mass is 15.3. The largest absolute Gasteiger partial charge is 0.368 e. The minimum absolute atomic E-state index is 0.220. The van der Waals surface area contributed by atoms with E-state index < -0.39 is 0 Å². The summed E-state index contributed by atoms with van der Waals surface area (Å²) in [6.07, 6.45) is 3.06. The van der Waals surface area contributed by atoms with Crippen LogP contribution in [0.15, 0.2) is 47.6 Å². The molecule has 0 amide bonds. The molecule has 0 unspecified atom stereocenters. The number of pyridine rings is 1. The van der Waals surface area contributed by atoms with Crippen LogP contribution in [0.2, 0.25) is 0 Å². The molecule has 1 aliphatic heterocycles. The molecule has 1 aliphatic rings. The molecule has 2 aromatic rings. The fourth-order valence-electron chi connectivity index (χ4n) is 3.12. The van der Waals surface area contributed by atoms with Gasteiger partial charge in [-0.15, -0.1) is 0 Å². The van der Waals surface area contributed by atoms with Gasteiger partial charge < -0.3 is 15.2 Å². The maximum atomic E-state index is 8.35. The van der Waals surface area contributed by atoms with Crippen LogP contribution in [0.25, 0.3) is 0 Å². The summed E-state index contributed by atoms with van der Waals surface area (Å²) in [4.78, 5) is 12.9. The van der Waals surface area contributed by atoms with Crippen molar-refractivity contribution in [2.75, 3.05) is 31.1 Å². The van der Waals surface area contributed by atoms with Crippen molar-refractivity contribution in [3.63, 3.8) is 0 Å². The van der Waals surface area contributed by atoms with Crippen molar-refractivity contribution < 1.29 is 0 Å². The Labute approximate surface area is 154 Å². The maximum Gasteiger partial charge on any atom is 0.218 e. The van der Waals surface area contributed by atoms with E-state index in [-0.39, 0.29) is 5.96 Å². The lowest BCUT2D eigenvalue weighted by atomic mass is 10.1. The third kappa shape index (κ3) is 3.96. The fourth-order valence-corrected chi connectivity index (χ4v) is 3.12. The van der Waals surface area contributed by atoms with Crippen LogP contribution in [0.4, 0.5) is 5.69 Å².